The Morgan fingerprint density at radius 2 is 1.92 bits per heavy atom. The number of unbranched alkanes of at least 4 members (excludes halogenated alkanes) is 2. The standard InChI is InChI=1S/C27H37ClN4O5S/c1-21-16-23(18-24(17-21)37-19-22-11-14-31(15-12-22)20-30-29)32(13-7-3-4-10-27(33)36-2)38(34,35)26-9-6-5-8-25(26)28/h5-6,8-9,16-18,20,22H,3-4,7,10-15,19,29H2,1-2H3/b30-20-. The molecule has 1 saturated heterocycles. The van der Waals surface area contributed by atoms with Crippen molar-refractivity contribution in [3.05, 3.63) is 53.1 Å². The van der Waals surface area contributed by atoms with E-state index in [1.54, 1.807) is 30.6 Å². The van der Waals surface area contributed by atoms with E-state index in [9.17, 15) is 13.2 Å². The molecule has 9 nitrogen and oxygen atoms in total. The van der Waals surface area contributed by atoms with Crippen LogP contribution in [0.4, 0.5) is 5.69 Å². The number of carbonyl (C=O) groups excluding carboxylic acids is 1. The number of ether oxygens (including phenoxy) is 2. The van der Waals surface area contributed by atoms with E-state index in [0.29, 0.717) is 49.6 Å². The van der Waals surface area contributed by atoms with Crippen LogP contribution in [0.15, 0.2) is 52.5 Å². The third kappa shape index (κ3) is 8.26. The van der Waals surface area contributed by atoms with Crippen LogP contribution in [0.1, 0.15) is 44.1 Å². The fourth-order valence-electron chi connectivity index (χ4n) is 4.46. The predicted molar refractivity (Wildman–Crippen MR) is 150 cm³/mol. The average molecular weight is 565 g/mol. The molecule has 1 heterocycles. The van der Waals surface area contributed by atoms with Crippen LogP contribution in [0.25, 0.3) is 0 Å². The van der Waals surface area contributed by atoms with E-state index in [4.69, 9.17) is 26.9 Å². The molecule has 0 saturated carbocycles. The molecular weight excluding hydrogens is 528 g/mol. The number of sulfonamides is 1. The van der Waals surface area contributed by atoms with E-state index in [1.807, 2.05) is 19.1 Å². The van der Waals surface area contributed by atoms with Crippen LogP contribution in [0, 0.1) is 12.8 Å². The number of anilines is 1. The van der Waals surface area contributed by atoms with Gasteiger partial charge in [-0.25, -0.2) is 8.42 Å². The normalized spacial score (nSPS) is 14.6. The van der Waals surface area contributed by atoms with Gasteiger partial charge < -0.3 is 20.2 Å². The molecule has 1 aliphatic rings. The molecule has 0 unspecified atom stereocenters. The van der Waals surface area contributed by atoms with Gasteiger partial charge in [-0.3, -0.25) is 9.10 Å². The molecule has 1 aliphatic heterocycles. The number of methoxy groups -OCH3 is 1. The predicted octanol–water partition coefficient (Wildman–Crippen LogP) is 4.57. The lowest BCUT2D eigenvalue weighted by Gasteiger charge is -2.30. The highest BCUT2D eigenvalue weighted by Crippen LogP contribution is 2.32. The molecule has 0 aliphatic carbocycles. The second-order valence-electron chi connectivity index (χ2n) is 9.45. The Labute approximate surface area is 230 Å². The van der Waals surface area contributed by atoms with E-state index >= 15 is 0 Å². The number of hydrazone groups is 1. The van der Waals surface area contributed by atoms with Crippen LogP contribution < -0.4 is 14.9 Å². The third-order valence-corrected chi connectivity index (χ3v) is 8.89. The molecule has 208 valence electrons. The lowest BCUT2D eigenvalue weighted by atomic mass is 9.98. The highest BCUT2D eigenvalue weighted by atomic mass is 35.5. The molecule has 3 rings (SSSR count). The van der Waals surface area contributed by atoms with Crippen LogP contribution in [0.2, 0.25) is 5.02 Å². The number of carbonyl (C=O) groups is 1. The van der Waals surface area contributed by atoms with Gasteiger partial charge in [0.25, 0.3) is 10.0 Å². The summed E-state index contributed by atoms with van der Waals surface area (Å²) >= 11 is 6.30. The van der Waals surface area contributed by atoms with Gasteiger partial charge in [-0.05, 0) is 68.4 Å². The summed E-state index contributed by atoms with van der Waals surface area (Å²) < 4.78 is 39.8. The number of esters is 1. The van der Waals surface area contributed by atoms with E-state index in [2.05, 4.69) is 10.0 Å². The van der Waals surface area contributed by atoms with Crippen molar-refractivity contribution in [2.24, 2.45) is 16.9 Å². The van der Waals surface area contributed by atoms with Crippen molar-refractivity contribution in [3.63, 3.8) is 0 Å². The maximum Gasteiger partial charge on any atom is 0.305 e. The molecule has 2 N–H and O–H groups in total. The number of benzene rings is 2. The summed E-state index contributed by atoms with van der Waals surface area (Å²) in [6.07, 6.45) is 5.74. The van der Waals surface area contributed by atoms with Gasteiger partial charge in [0.1, 0.15) is 17.0 Å². The minimum atomic E-state index is -3.95. The van der Waals surface area contributed by atoms with E-state index in [-0.39, 0.29) is 22.4 Å². The van der Waals surface area contributed by atoms with Crippen molar-refractivity contribution in [2.75, 3.05) is 37.7 Å². The summed E-state index contributed by atoms with van der Waals surface area (Å²) in [5, 5.41) is 3.76. The van der Waals surface area contributed by atoms with Gasteiger partial charge in [0, 0.05) is 32.1 Å². The molecular formula is C27H37ClN4O5S. The topological polar surface area (TPSA) is 115 Å². The van der Waals surface area contributed by atoms with Gasteiger partial charge in [0.05, 0.1) is 24.4 Å². The Hall–Kier alpha value is -2.98. The highest BCUT2D eigenvalue weighted by molar-refractivity contribution is 7.93. The summed E-state index contributed by atoms with van der Waals surface area (Å²) in [7, 11) is -2.59. The van der Waals surface area contributed by atoms with Gasteiger partial charge in [-0.1, -0.05) is 30.2 Å². The Morgan fingerprint density at radius 3 is 2.61 bits per heavy atom. The minimum Gasteiger partial charge on any atom is -0.493 e. The van der Waals surface area contributed by atoms with Crippen LogP contribution in [-0.2, 0) is 19.6 Å². The van der Waals surface area contributed by atoms with Crippen molar-refractivity contribution in [1.29, 1.82) is 0 Å². The summed E-state index contributed by atoms with van der Waals surface area (Å²) in [5.41, 5.74) is 1.40. The Kier molecular flexibility index (Phi) is 11.1. The first-order valence-corrected chi connectivity index (χ1v) is 14.6. The van der Waals surface area contributed by atoms with Gasteiger partial charge in [0.2, 0.25) is 0 Å². The molecule has 11 heteroatoms. The summed E-state index contributed by atoms with van der Waals surface area (Å²) in [4.78, 5) is 13.6. The largest absolute Gasteiger partial charge is 0.493 e. The zero-order chi connectivity index (χ0) is 27.5. The lowest BCUT2D eigenvalue weighted by Crippen LogP contribution is -2.35. The van der Waals surface area contributed by atoms with Crippen LogP contribution in [0.5, 0.6) is 5.75 Å². The second kappa shape index (κ2) is 14.2. The number of halogens is 1. The number of nitrogens with zero attached hydrogens (tertiary/aromatic N) is 3. The van der Waals surface area contributed by atoms with Crippen molar-refractivity contribution >= 4 is 39.6 Å². The molecule has 2 aromatic rings. The van der Waals surface area contributed by atoms with Crippen molar-refractivity contribution in [3.8, 4) is 5.75 Å². The van der Waals surface area contributed by atoms with Gasteiger partial charge in [-0.15, -0.1) is 0 Å². The number of likely N-dealkylation sites (tertiary alicyclic amines) is 1. The highest BCUT2D eigenvalue weighted by Gasteiger charge is 2.27. The van der Waals surface area contributed by atoms with Crippen molar-refractivity contribution in [2.45, 2.75) is 50.3 Å². The Bertz CT molecular complexity index is 1200. The molecule has 1 fully saturated rings. The number of rotatable bonds is 13. The molecule has 0 aromatic heterocycles. The zero-order valence-electron chi connectivity index (χ0n) is 22.0. The van der Waals surface area contributed by atoms with Crippen molar-refractivity contribution in [1.82, 2.24) is 4.90 Å². The van der Waals surface area contributed by atoms with Crippen LogP contribution in [0.3, 0.4) is 0 Å². The summed E-state index contributed by atoms with van der Waals surface area (Å²) in [6, 6.07) is 11.9. The number of nitrogens with two attached hydrogens (primary N) is 1. The first kappa shape index (κ1) is 29.6. The lowest BCUT2D eigenvalue weighted by molar-refractivity contribution is -0.140. The Balaban J connectivity index is 1.78. The monoisotopic (exact) mass is 564 g/mol. The fraction of sp³-hybridized carbons (Fsp3) is 0.481. The maximum absolute atomic E-state index is 13.8. The quantitative estimate of drug-likeness (QED) is 0.0946. The van der Waals surface area contributed by atoms with Crippen molar-refractivity contribution < 1.29 is 22.7 Å². The van der Waals surface area contributed by atoms with Gasteiger partial charge in [0.15, 0.2) is 0 Å². The van der Waals surface area contributed by atoms with Crippen LogP contribution in [-0.4, -0.2) is 59.0 Å². The molecule has 0 atom stereocenters. The number of aryl methyl sites for hydroxylation is 1. The number of piperidine rings is 1. The fourth-order valence-corrected chi connectivity index (χ4v) is 6.45. The van der Waals surface area contributed by atoms with Gasteiger partial charge in [-0.2, -0.15) is 5.10 Å². The second-order valence-corrected chi connectivity index (χ2v) is 11.7. The van der Waals surface area contributed by atoms with E-state index < -0.39 is 10.0 Å². The Morgan fingerprint density at radius 1 is 1.18 bits per heavy atom. The summed E-state index contributed by atoms with van der Waals surface area (Å²) in [5.74, 6) is 5.99. The number of hydrogen-bond acceptors (Lipinski definition) is 7. The molecule has 0 radical (unpaired) electrons. The van der Waals surface area contributed by atoms with E-state index in [1.165, 1.54) is 17.5 Å². The van der Waals surface area contributed by atoms with E-state index in [0.717, 1.165) is 31.5 Å². The molecule has 0 amide bonds. The number of hydrogen-bond donors (Lipinski definition) is 1. The first-order valence-electron chi connectivity index (χ1n) is 12.8. The van der Waals surface area contributed by atoms with Gasteiger partial charge >= 0.3 is 5.97 Å². The zero-order valence-corrected chi connectivity index (χ0v) is 23.6. The minimum absolute atomic E-state index is 0.0491. The first-order chi connectivity index (χ1) is 18.2. The van der Waals surface area contributed by atoms with Crippen LogP contribution >= 0.6 is 11.6 Å². The molecule has 2 aromatic carbocycles. The molecule has 38 heavy (non-hydrogen) atoms. The molecule has 0 bridgehead atoms. The molecule has 0 spiro atoms. The smallest absolute Gasteiger partial charge is 0.305 e. The summed E-state index contributed by atoms with van der Waals surface area (Å²) in [6.45, 7) is 4.43. The SMILES string of the molecule is COC(=O)CCCCCN(c1cc(C)cc(OCC2CCN(/C=N\N)CC2)c1)S(=O)(=O)c1ccccc1Cl. The maximum atomic E-state index is 13.8. The average Bonchev–Trinajstić information content (AvgIpc) is 2.90. The third-order valence-electron chi connectivity index (χ3n) is 6.56.